The first-order chi connectivity index (χ1) is 11.7. The third-order valence-electron chi connectivity index (χ3n) is 4.39. The van der Waals surface area contributed by atoms with Gasteiger partial charge >= 0.3 is 0 Å². The van der Waals surface area contributed by atoms with E-state index in [0.29, 0.717) is 5.16 Å². The smallest absolute Gasteiger partial charge is 0.248 e. The lowest BCUT2D eigenvalue weighted by atomic mass is 9.96. The average Bonchev–Trinajstić information content (AvgIpc) is 3.03. The Balaban J connectivity index is 1.74. The van der Waals surface area contributed by atoms with Crippen LogP contribution >= 0.6 is 0 Å². The van der Waals surface area contributed by atoms with Crippen LogP contribution < -0.4 is 10.3 Å². The molecule has 1 aliphatic carbocycles. The fourth-order valence-electron chi connectivity index (χ4n) is 3.18. The molecule has 2 atom stereocenters. The minimum atomic E-state index is -1.36. The molecule has 6 nitrogen and oxygen atoms in total. The lowest BCUT2D eigenvalue weighted by Crippen LogP contribution is -2.21. The number of imidazole rings is 1. The number of aromatic amines is 2. The SMILES string of the molecule is COc1ccc2nc(S(=O)C3CCCc4ccc(=O)[nH]c43)[nH]c2c1. The van der Waals surface area contributed by atoms with Gasteiger partial charge in [-0.2, -0.15) is 0 Å². The van der Waals surface area contributed by atoms with E-state index in [0.717, 1.165) is 47.3 Å². The van der Waals surface area contributed by atoms with Crippen LogP contribution in [0.2, 0.25) is 0 Å². The number of hydrogen-bond acceptors (Lipinski definition) is 4. The lowest BCUT2D eigenvalue weighted by molar-refractivity contribution is 0.415. The molecule has 0 radical (unpaired) electrons. The van der Waals surface area contributed by atoms with Crippen molar-refractivity contribution in [2.45, 2.75) is 29.7 Å². The summed E-state index contributed by atoms with van der Waals surface area (Å²) in [6.07, 6.45) is 2.61. The Morgan fingerprint density at radius 1 is 1.25 bits per heavy atom. The number of aryl methyl sites for hydroxylation is 1. The summed E-state index contributed by atoms with van der Waals surface area (Å²) >= 11 is 0. The summed E-state index contributed by atoms with van der Waals surface area (Å²) in [7, 11) is 0.245. The molecule has 124 valence electrons. The molecule has 2 N–H and O–H groups in total. The number of H-pyrrole nitrogens is 2. The number of methoxy groups -OCH3 is 1. The summed E-state index contributed by atoms with van der Waals surface area (Å²) in [5.74, 6) is 0.718. The van der Waals surface area contributed by atoms with Gasteiger partial charge < -0.3 is 14.7 Å². The summed E-state index contributed by atoms with van der Waals surface area (Å²) in [5.41, 5.74) is 3.22. The molecule has 0 bridgehead atoms. The maximum atomic E-state index is 13.1. The molecule has 24 heavy (non-hydrogen) atoms. The monoisotopic (exact) mass is 343 g/mol. The second kappa shape index (κ2) is 5.90. The van der Waals surface area contributed by atoms with Gasteiger partial charge in [0.2, 0.25) is 5.56 Å². The van der Waals surface area contributed by atoms with E-state index in [1.54, 1.807) is 7.11 Å². The fourth-order valence-corrected chi connectivity index (χ4v) is 4.66. The van der Waals surface area contributed by atoms with Gasteiger partial charge in [0, 0.05) is 17.8 Å². The van der Waals surface area contributed by atoms with Gasteiger partial charge in [0.15, 0.2) is 5.16 Å². The topological polar surface area (TPSA) is 87.8 Å². The number of hydrogen-bond donors (Lipinski definition) is 2. The van der Waals surface area contributed by atoms with Crippen molar-refractivity contribution in [2.24, 2.45) is 0 Å². The molecule has 4 rings (SSSR count). The quantitative estimate of drug-likeness (QED) is 0.764. The summed E-state index contributed by atoms with van der Waals surface area (Å²) in [6.45, 7) is 0. The number of aromatic nitrogens is 3. The minimum Gasteiger partial charge on any atom is -0.497 e. The third kappa shape index (κ3) is 2.54. The highest BCUT2D eigenvalue weighted by Crippen LogP contribution is 2.34. The molecule has 2 unspecified atom stereocenters. The van der Waals surface area contributed by atoms with Crippen LogP contribution in [-0.4, -0.2) is 26.3 Å². The van der Waals surface area contributed by atoms with E-state index >= 15 is 0 Å². The zero-order chi connectivity index (χ0) is 16.7. The molecule has 0 aliphatic heterocycles. The Kier molecular flexibility index (Phi) is 3.72. The number of pyridine rings is 1. The van der Waals surface area contributed by atoms with Crippen LogP contribution in [0.15, 0.2) is 40.3 Å². The first kappa shape index (κ1) is 15.1. The van der Waals surface area contributed by atoms with Crippen LogP contribution in [0.3, 0.4) is 0 Å². The summed E-state index contributed by atoms with van der Waals surface area (Å²) < 4.78 is 18.3. The number of ether oxygens (including phenoxy) is 1. The van der Waals surface area contributed by atoms with Crippen molar-refractivity contribution >= 4 is 21.8 Å². The van der Waals surface area contributed by atoms with Crippen molar-refractivity contribution in [3.05, 3.63) is 51.9 Å². The fraction of sp³-hybridized carbons (Fsp3) is 0.294. The Bertz CT molecular complexity index is 992. The first-order valence-electron chi connectivity index (χ1n) is 7.82. The third-order valence-corrected chi connectivity index (χ3v) is 5.95. The van der Waals surface area contributed by atoms with Crippen molar-refractivity contribution < 1.29 is 8.95 Å². The van der Waals surface area contributed by atoms with Crippen LogP contribution in [0.1, 0.15) is 29.3 Å². The normalized spacial score (nSPS) is 18.3. The van der Waals surface area contributed by atoms with E-state index in [1.165, 1.54) is 6.07 Å². The van der Waals surface area contributed by atoms with E-state index in [-0.39, 0.29) is 10.8 Å². The van der Waals surface area contributed by atoms with Gasteiger partial charge in [0.1, 0.15) is 5.75 Å². The van der Waals surface area contributed by atoms with Crippen molar-refractivity contribution in [1.29, 1.82) is 0 Å². The molecule has 0 saturated heterocycles. The Labute approximate surface area is 140 Å². The van der Waals surface area contributed by atoms with Gasteiger partial charge in [-0.1, -0.05) is 6.07 Å². The number of fused-ring (bicyclic) bond motifs is 2. The number of rotatable bonds is 3. The molecule has 0 fully saturated rings. The highest BCUT2D eigenvalue weighted by atomic mass is 32.2. The molecular formula is C17H17N3O3S. The van der Waals surface area contributed by atoms with E-state index < -0.39 is 10.8 Å². The van der Waals surface area contributed by atoms with Gasteiger partial charge in [-0.15, -0.1) is 0 Å². The summed E-state index contributed by atoms with van der Waals surface area (Å²) in [6, 6.07) is 8.85. The van der Waals surface area contributed by atoms with Crippen molar-refractivity contribution in [3.8, 4) is 5.75 Å². The van der Waals surface area contributed by atoms with E-state index in [4.69, 9.17) is 4.74 Å². The molecular weight excluding hydrogens is 326 g/mol. The van der Waals surface area contributed by atoms with E-state index in [9.17, 15) is 9.00 Å². The van der Waals surface area contributed by atoms with Crippen molar-refractivity contribution in [2.75, 3.05) is 7.11 Å². The number of nitrogens with zero attached hydrogens (tertiary/aromatic N) is 1. The molecule has 3 aromatic rings. The van der Waals surface area contributed by atoms with Crippen LogP contribution in [-0.2, 0) is 17.2 Å². The van der Waals surface area contributed by atoms with Gasteiger partial charge in [0.05, 0.1) is 34.2 Å². The molecule has 1 aromatic carbocycles. The highest BCUT2D eigenvalue weighted by Gasteiger charge is 2.29. The molecule has 0 spiro atoms. The van der Waals surface area contributed by atoms with Crippen LogP contribution in [0, 0.1) is 0 Å². The van der Waals surface area contributed by atoms with Gasteiger partial charge in [-0.25, -0.2) is 4.98 Å². The lowest BCUT2D eigenvalue weighted by Gasteiger charge is -2.23. The maximum Gasteiger partial charge on any atom is 0.248 e. The van der Waals surface area contributed by atoms with Gasteiger partial charge in [-0.3, -0.25) is 9.00 Å². The zero-order valence-electron chi connectivity index (χ0n) is 13.2. The van der Waals surface area contributed by atoms with Gasteiger partial charge in [0.25, 0.3) is 0 Å². The van der Waals surface area contributed by atoms with Crippen molar-refractivity contribution in [3.63, 3.8) is 0 Å². The second-order valence-corrected chi connectivity index (χ2v) is 7.42. The Morgan fingerprint density at radius 3 is 2.96 bits per heavy atom. The van der Waals surface area contributed by atoms with Crippen LogP contribution in [0.5, 0.6) is 5.75 Å². The Hall–Kier alpha value is -2.41. The molecule has 7 heteroatoms. The Morgan fingerprint density at radius 2 is 2.12 bits per heavy atom. The molecule has 0 saturated carbocycles. The molecule has 2 heterocycles. The van der Waals surface area contributed by atoms with Crippen molar-refractivity contribution in [1.82, 2.24) is 15.0 Å². The largest absolute Gasteiger partial charge is 0.497 e. The maximum absolute atomic E-state index is 13.1. The van der Waals surface area contributed by atoms with E-state index in [1.807, 2.05) is 24.3 Å². The van der Waals surface area contributed by atoms with Crippen LogP contribution in [0.25, 0.3) is 11.0 Å². The predicted molar refractivity (Wildman–Crippen MR) is 91.8 cm³/mol. The second-order valence-electron chi connectivity index (χ2n) is 5.86. The van der Waals surface area contributed by atoms with Gasteiger partial charge in [-0.05, 0) is 37.0 Å². The average molecular weight is 343 g/mol. The zero-order valence-corrected chi connectivity index (χ0v) is 14.0. The first-order valence-corrected chi connectivity index (χ1v) is 9.03. The molecule has 2 aromatic heterocycles. The predicted octanol–water partition coefficient (Wildman–Crippen LogP) is 2.45. The standard InChI is InChI=1S/C17H17N3O3S/c1-23-11-6-7-12-13(9-11)19-17(18-12)24(22)14-4-2-3-10-5-8-15(21)20-16(10)14/h5-9,14H,2-4H2,1H3,(H,18,19)(H,20,21). The number of benzene rings is 1. The molecule has 1 aliphatic rings. The summed E-state index contributed by atoms with van der Waals surface area (Å²) in [5, 5.41) is 0.186. The minimum absolute atomic E-state index is 0.160. The number of nitrogens with one attached hydrogen (secondary N) is 2. The van der Waals surface area contributed by atoms with Crippen LogP contribution in [0.4, 0.5) is 0 Å². The van der Waals surface area contributed by atoms with E-state index in [2.05, 4.69) is 15.0 Å². The highest BCUT2D eigenvalue weighted by molar-refractivity contribution is 7.85. The summed E-state index contributed by atoms with van der Waals surface area (Å²) in [4.78, 5) is 22.1. The molecule has 0 amide bonds.